The average Bonchev–Trinajstić information content (AvgIpc) is 2.96. The van der Waals surface area contributed by atoms with Crippen LogP contribution in [0, 0.1) is 12.7 Å². The van der Waals surface area contributed by atoms with Gasteiger partial charge in [0.2, 0.25) is 5.88 Å². The normalized spacial score (nSPS) is 13.7. The van der Waals surface area contributed by atoms with Crippen molar-refractivity contribution < 1.29 is 42.5 Å². The predicted molar refractivity (Wildman–Crippen MR) is 175 cm³/mol. The quantitative estimate of drug-likeness (QED) is 0.250. The summed E-state index contributed by atoms with van der Waals surface area (Å²) in [5, 5.41) is 5.78. The number of nitrogens with one attached hydrogen (secondary N) is 2. The number of hydrogen-bond acceptors (Lipinski definition) is 10. The van der Waals surface area contributed by atoms with Gasteiger partial charge in [0.25, 0.3) is 0 Å². The lowest BCUT2D eigenvalue weighted by Crippen LogP contribution is -2.42. The highest BCUT2D eigenvalue weighted by Gasteiger charge is 2.32. The van der Waals surface area contributed by atoms with E-state index in [1.54, 1.807) is 54.5 Å². The molecule has 0 saturated carbocycles. The first-order valence-corrected chi connectivity index (χ1v) is 15.2. The summed E-state index contributed by atoms with van der Waals surface area (Å²) < 4.78 is 43.8. The van der Waals surface area contributed by atoms with E-state index in [1.165, 1.54) is 30.5 Å². The number of carbonyl (C=O) groups is 3. The van der Waals surface area contributed by atoms with Gasteiger partial charge < -0.3 is 23.7 Å². The number of fused-ring (bicyclic) bond motifs is 2. The van der Waals surface area contributed by atoms with Crippen molar-refractivity contribution in [3.05, 3.63) is 35.9 Å². The van der Waals surface area contributed by atoms with E-state index in [2.05, 4.69) is 20.6 Å². The Bertz CT molecular complexity index is 1670. The third-order valence-electron chi connectivity index (χ3n) is 6.90. The van der Waals surface area contributed by atoms with Gasteiger partial charge in [-0.3, -0.25) is 15.5 Å². The van der Waals surface area contributed by atoms with Crippen LogP contribution >= 0.6 is 0 Å². The molecule has 0 saturated heterocycles. The molecule has 14 heteroatoms. The Morgan fingerprint density at radius 3 is 2.34 bits per heavy atom. The first-order valence-electron chi connectivity index (χ1n) is 15.2. The summed E-state index contributed by atoms with van der Waals surface area (Å²) in [6, 6.07) is 3.06. The molecule has 1 unspecified atom stereocenters. The number of methoxy groups -OCH3 is 1. The van der Waals surface area contributed by atoms with Gasteiger partial charge in [-0.2, -0.15) is 0 Å². The molecule has 3 amide bonds. The summed E-state index contributed by atoms with van der Waals surface area (Å²) in [6.07, 6.45) is 0.620. The number of anilines is 3. The second-order valence-electron chi connectivity index (χ2n) is 13.0. The van der Waals surface area contributed by atoms with Gasteiger partial charge in [0, 0.05) is 36.0 Å². The van der Waals surface area contributed by atoms with Gasteiger partial charge in [0.1, 0.15) is 35.4 Å². The first-order chi connectivity index (χ1) is 22.0. The van der Waals surface area contributed by atoms with Crippen molar-refractivity contribution in [3.8, 4) is 17.0 Å². The van der Waals surface area contributed by atoms with Crippen molar-refractivity contribution in [2.24, 2.45) is 0 Å². The van der Waals surface area contributed by atoms with Crippen LogP contribution in [0.3, 0.4) is 0 Å². The van der Waals surface area contributed by atoms with Crippen LogP contribution in [0.2, 0.25) is 0 Å². The van der Waals surface area contributed by atoms with Crippen molar-refractivity contribution in [3.63, 3.8) is 0 Å². The molecule has 1 atom stereocenters. The molecule has 2 aromatic heterocycles. The number of amides is 3. The van der Waals surface area contributed by atoms with Gasteiger partial charge in [0.05, 0.1) is 18.8 Å². The molecule has 1 aliphatic rings. The van der Waals surface area contributed by atoms with Crippen LogP contribution in [0.25, 0.3) is 21.9 Å². The van der Waals surface area contributed by atoms with Gasteiger partial charge in [-0.05, 0) is 78.0 Å². The topological polar surface area (TPSA) is 150 Å². The molecule has 1 aliphatic heterocycles. The largest absolute Gasteiger partial charge is 0.474 e. The van der Waals surface area contributed by atoms with Crippen LogP contribution in [0.4, 0.5) is 36.0 Å². The van der Waals surface area contributed by atoms with Crippen LogP contribution in [-0.4, -0.2) is 72.4 Å². The molecule has 0 aliphatic carbocycles. The average molecular weight is 656 g/mol. The molecule has 3 aromatic rings. The van der Waals surface area contributed by atoms with Gasteiger partial charge in [-0.15, -0.1) is 0 Å². The third-order valence-corrected chi connectivity index (χ3v) is 6.90. The molecule has 0 bridgehead atoms. The molecule has 0 radical (unpaired) electrons. The number of pyridine rings is 2. The molecule has 254 valence electrons. The molecule has 0 fully saturated rings. The van der Waals surface area contributed by atoms with E-state index in [9.17, 15) is 14.4 Å². The summed E-state index contributed by atoms with van der Waals surface area (Å²) >= 11 is 0. The number of halogens is 1. The summed E-state index contributed by atoms with van der Waals surface area (Å²) in [6.45, 7) is 14.5. The minimum absolute atomic E-state index is 0.0527. The highest BCUT2D eigenvalue weighted by molar-refractivity contribution is 6.05. The SMILES string of the molecule is CCC(COC)OC(=O)Nc1cc2cc(-c3cnc4c(c3C)N(C(=O)OC(C)(C)C)CCO4)c(F)c(NC(=O)OC(C)(C)C)c2cn1. The second-order valence-corrected chi connectivity index (χ2v) is 13.0. The smallest absolute Gasteiger partial charge is 0.415 e. The van der Waals surface area contributed by atoms with Crippen LogP contribution in [0.1, 0.15) is 60.5 Å². The lowest BCUT2D eigenvalue weighted by atomic mass is 9.96. The van der Waals surface area contributed by atoms with Crippen molar-refractivity contribution in [1.82, 2.24) is 9.97 Å². The number of nitrogens with zero attached hydrogens (tertiary/aromatic N) is 3. The lowest BCUT2D eigenvalue weighted by molar-refractivity contribution is 0.0443. The number of ether oxygens (including phenoxy) is 5. The van der Waals surface area contributed by atoms with Crippen molar-refractivity contribution in [2.75, 3.05) is 42.4 Å². The van der Waals surface area contributed by atoms with E-state index in [0.29, 0.717) is 28.6 Å². The maximum atomic E-state index is 16.6. The molecule has 3 heterocycles. The highest BCUT2D eigenvalue weighted by Crippen LogP contribution is 2.42. The summed E-state index contributed by atoms with van der Waals surface area (Å²) in [7, 11) is 1.51. The molecule has 0 spiro atoms. The summed E-state index contributed by atoms with van der Waals surface area (Å²) in [4.78, 5) is 48.7. The Morgan fingerprint density at radius 1 is 1.00 bits per heavy atom. The van der Waals surface area contributed by atoms with Gasteiger partial charge in [-0.1, -0.05) is 6.92 Å². The zero-order valence-corrected chi connectivity index (χ0v) is 28.2. The number of rotatable bonds is 7. The zero-order valence-electron chi connectivity index (χ0n) is 28.2. The Labute approximate surface area is 273 Å². The van der Waals surface area contributed by atoms with Crippen LogP contribution in [0.5, 0.6) is 5.88 Å². The second kappa shape index (κ2) is 14.0. The van der Waals surface area contributed by atoms with Crippen molar-refractivity contribution >= 4 is 46.2 Å². The summed E-state index contributed by atoms with van der Waals surface area (Å²) in [5.74, 6) is -0.467. The lowest BCUT2D eigenvalue weighted by Gasteiger charge is -2.32. The zero-order chi connectivity index (χ0) is 34.7. The van der Waals surface area contributed by atoms with Crippen LogP contribution < -0.4 is 20.3 Å². The number of aromatic nitrogens is 2. The van der Waals surface area contributed by atoms with E-state index in [0.717, 1.165) is 0 Å². The standard InChI is InChI=1S/C33H42FN5O8/c1-10-20(17-43-9)45-29(40)37-24-14-19-13-21(25(34)26(23(19)16-35-24)38-30(41)46-32(3,4)5)22-15-36-28-27(18(22)2)39(11-12-44-28)31(42)47-33(6,7)8/h13-16,20H,10-12,17H2,1-9H3,(H,38,41)(H,35,37,40). The molecule has 2 N–H and O–H groups in total. The molecule has 4 rings (SSSR count). The fourth-order valence-corrected chi connectivity index (χ4v) is 4.88. The van der Waals surface area contributed by atoms with E-state index in [4.69, 9.17) is 23.7 Å². The van der Waals surface area contributed by atoms with E-state index < -0.39 is 41.4 Å². The van der Waals surface area contributed by atoms with E-state index in [-0.39, 0.29) is 48.1 Å². The number of carbonyl (C=O) groups excluding carboxylic acids is 3. The van der Waals surface area contributed by atoms with Gasteiger partial charge >= 0.3 is 18.3 Å². The van der Waals surface area contributed by atoms with Crippen molar-refractivity contribution in [2.45, 2.75) is 79.1 Å². The van der Waals surface area contributed by atoms with Crippen LogP contribution in [0.15, 0.2) is 24.5 Å². The Hall–Kier alpha value is -4.72. The van der Waals surface area contributed by atoms with Gasteiger partial charge in [0.15, 0.2) is 5.82 Å². The Morgan fingerprint density at radius 2 is 1.70 bits per heavy atom. The van der Waals surface area contributed by atoms with Crippen molar-refractivity contribution in [1.29, 1.82) is 0 Å². The molecule has 47 heavy (non-hydrogen) atoms. The minimum atomic E-state index is -0.880. The molecular formula is C33H42FN5O8. The van der Waals surface area contributed by atoms with Crippen LogP contribution in [-0.2, 0) is 18.9 Å². The van der Waals surface area contributed by atoms with E-state index in [1.807, 2.05) is 6.92 Å². The van der Waals surface area contributed by atoms with E-state index >= 15 is 4.39 Å². The maximum Gasteiger partial charge on any atom is 0.415 e. The highest BCUT2D eigenvalue weighted by atomic mass is 19.1. The number of benzene rings is 1. The minimum Gasteiger partial charge on any atom is -0.474 e. The summed E-state index contributed by atoms with van der Waals surface area (Å²) in [5.41, 5.74) is -0.603. The molecule has 1 aromatic carbocycles. The fraction of sp³-hybridized carbons (Fsp3) is 0.485. The Balaban J connectivity index is 1.84. The fourth-order valence-electron chi connectivity index (χ4n) is 4.88. The Kier molecular flexibility index (Phi) is 10.4. The first kappa shape index (κ1) is 35.1. The van der Waals surface area contributed by atoms with Gasteiger partial charge in [-0.25, -0.2) is 28.7 Å². The molecule has 13 nitrogen and oxygen atoms in total. The maximum absolute atomic E-state index is 16.6. The third kappa shape index (κ3) is 8.56. The number of hydrogen-bond donors (Lipinski definition) is 2. The molecular weight excluding hydrogens is 613 g/mol. The predicted octanol–water partition coefficient (Wildman–Crippen LogP) is 7.20. The monoisotopic (exact) mass is 655 g/mol.